The zero-order chi connectivity index (χ0) is 6.97. The molecule has 1 amide bonds. The molecule has 2 aliphatic heterocycles. The fourth-order valence-corrected chi connectivity index (χ4v) is 1.73. The Morgan fingerprint density at radius 3 is 3.20 bits per heavy atom. The maximum atomic E-state index is 11.1. The Balaban J connectivity index is 2.17. The third-order valence-electron chi connectivity index (χ3n) is 2.33. The molecule has 2 heterocycles. The number of nitrogens with zero attached hydrogens (tertiary/aromatic N) is 1. The smallest absolute Gasteiger partial charge is 0.223 e. The molecule has 0 bridgehead atoms. The van der Waals surface area contributed by atoms with Gasteiger partial charge in [-0.2, -0.15) is 0 Å². The van der Waals surface area contributed by atoms with Crippen LogP contribution in [-0.4, -0.2) is 23.4 Å². The molecular weight excluding hydrogens is 126 g/mol. The van der Waals surface area contributed by atoms with Crippen molar-refractivity contribution in [2.75, 3.05) is 6.54 Å². The van der Waals surface area contributed by atoms with E-state index < -0.39 is 0 Å². The first kappa shape index (κ1) is 5.96. The highest BCUT2D eigenvalue weighted by molar-refractivity contribution is 5.79. The quantitative estimate of drug-likeness (QED) is 0.455. The number of fused-ring (bicyclic) bond motifs is 1. The van der Waals surface area contributed by atoms with Gasteiger partial charge in [-0.15, -0.1) is 0 Å². The minimum Gasteiger partial charge on any atom is -0.336 e. The van der Waals surface area contributed by atoms with E-state index in [9.17, 15) is 4.79 Å². The van der Waals surface area contributed by atoms with Crippen LogP contribution in [0.25, 0.3) is 0 Å². The summed E-state index contributed by atoms with van der Waals surface area (Å²) in [6.07, 6.45) is 7.18. The first-order valence-corrected chi connectivity index (χ1v) is 3.82. The van der Waals surface area contributed by atoms with Crippen molar-refractivity contribution >= 4 is 5.91 Å². The summed E-state index contributed by atoms with van der Waals surface area (Å²) in [5.74, 6) is 0.342. The normalized spacial score (nSPS) is 31.0. The molecule has 10 heavy (non-hydrogen) atoms. The maximum absolute atomic E-state index is 11.1. The van der Waals surface area contributed by atoms with Crippen molar-refractivity contribution in [1.82, 2.24) is 4.90 Å². The highest BCUT2D eigenvalue weighted by Crippen LogP contribution is 2.23. The van der Waals surface area contributed by atoms with Gasteiger partial charge >= 0.3 is 0 Å². The summed E-state index contributed by atoms with van der Waals surface area (Å²) in [4.78, 5) is 13.1. The summed E-state index contributed by atoms with van der Waals surface area (Å²) in [6.45, 7) is 0.851. The van der Waals surface area contributed by atoms with Gasteiger partial charge in [0.2, 0.25) is 5.91 Å². The molecule has 0 N–H and O–H groups in total. The Bertz CT molecular complexity index is 186. The van der Waals surface area contributed by atoms with Crippen LogP contribution in [0.4, 0.5) is 0 Å². The van der Waals surface area contributed by atoms with Gasteiger partial charge in [-0.05, 0) is 12.8 Å². The zero-order valence-corrected chi connectivity index (χ0v) is 5.92. The lowest BCUT2D eigenvalue weighted by Gasteiger charge is -2.25. The molecule has 1 atom stereocenters. The Labute approximate surface area is 60.5 Å². The molecule has 0 radical (unpaired) electrons. The summed E-state index contributed by atoms with van der Waals surface area (Å²) in [7, 11) is 0. The first-order valence-electron chi connectivity index (χ1n) is 3.82. The molecule has 0 spiro atoms. The topological polar surface area (TPSA) is 20.3 Å². The molecule has 2 rings (SSSR count). The van der Waals surface area contributed by atoms with Crippen LogP contribution in [0.15, 0.2) is 12.2 Å². The maximum Gasteiger partial charge on any atom is 0.223 e. The third kappa shape index (κ3) is 0.753. The van der Waals surface area contributed by atoms with Gasteiger partial charge in [0.15, 0.2) is 0 Å². The second kappa shape index (κ2) is 2.11. The molecule has 2 aliphatic rings. The predicted octanol–water partition coefficient (Wildman–Crippen LogP) is 0.937. The van der Waals surface area contributed by atoms with Crippen molar-refractivity contribution in [2.24, 2.45) is 0 Å². The lowest BCUT2D eigenvalue weighted by Crippen LogP contribution is -2.34. The van der Waals surface area contributed by atoms with Gasteiger partial charge in [0.05, 0.1) is 0 Å². The number of carbonyl (C=O) groups excluding carboxylic acids is 1. The largest absolute Gasteiger partial charge is 0.336 e. The van der Waals surface area contributed by atoms with Crippen LogP contribution in [0, 0.1) is 0 Å². The van der Waals surface area contributed by atoms with Gasteiger partial charge < -0.3 is 4.90 Å². The second-order valence-corrected chi connectivity index (χ2v) is 2.95. The molecule has 1 saturated heterocycles. The van der Waals surface area contributed by atoms with E-state index in [1.807, 2.05) is 4.90 Å². The molecule has 0 aromatic rings. The Kier molecular flexibility index (Phi) is 1.26. The molecular formula is C8H11NO. The van der Waals surface area contributed by atoms with Gasteiger partial charge in [-0.25, -0.2) is 0 Å². The zero-order valence-electron chi connectivity index (χ0n) is 5.92. The van der Waals surface area contributed by atoms with Crippen LogP contribution >= 0.6 is 0 Å². The number of carbonyl (C=O) groups is 1. The van der Waals surface area contributed by atoms with E-state index in [0.717, 1.165) is 25.8 Å². The van der Waals surface area contributed by atoms with Crippen molar-refractivity contribution in [3.63, 3.8) is 0 Å². The number of hydrogen-bond acceptors (Lipinski definition) is 1. The number of hydrogen-bond donors (Lipinski definition) is 0. The van der Waals surface area contributed by atoms with Crippen LogP contribution in [0.3, 0.4) is 0 Å². The first-order chi connectivity index (χ1) is 4.88. The van der Waals surface area contributed by atoms with Crippen molar-refractivity contribution in [3.8, 4) is 0 Å². The van der Waals surface area contributed by atoms with Crippen LogP contribution in [0.1, 0.15) is 19.3 Å². The van der Waals surface area contributed by atoms with Gasteiger partial charge in [-0.1, -0.05) is 12.2 Å². The molecule has 1 fully saturated rings. The van der Waals surface area contributed by atoms with E-state index in [0.29, 0.717) is 11.9 Å². The standard InChI is InChI=1S/C8H11NO/c10-8-5-4-7-3-1-2-6-9(7)8/h1-2,7H,3-6H2/t7-/m0/s1. The van der Waals surface area contributed by atoms with Crippen molar-refractivity contribution in [1.29, 1.82) is 0 Å². The summed E-state index contributed by atoms with van der Waals surface area (Å²) in [5, 5.41) is 0. The average Bonchev–Trinajstić information content (AvgIpc) is 2.34. The van der Waals surface area contributed by atoms with Crippen LogP contribution in [-0.2, 0) is 4.79 Å². The van der Waals surface area contributed by atoms with E-state index in [4.69, 9.17) is 0 Å². The Hall–Kier alpha value is -0.790. The van der Waals surface area contributed by atoms with Crippen molar-refractivity contribution in [2.45, 2.75) is 25.3 Å². The van der Waals surface area contributed by atoms with E-state index in [1.165, 1.54) is 0 Å². The third-order valence-corrected chi connectivity index (χ3v) is 2.33. The second-order valence-electron chi connectivity index (χ2n) is 2.95. The number of amides is 1. The molecule has 2 heteroatoms. The van der Waals surface area contributed by atoms with Crippen LogP contribution in [0.5, 0.6) is 0 Å². The van der Waals surface area contributed by atoms with E-state index in [1.54, 1.807) is 0 Å². The summed E-state index contributed by atoms with van der Waals surface area (Å²) < 4.78 is 0. The average molecular weight is 137 g/mol. The molecule has 0 aromatic carbocycles. The molecule has 0 saturated carbocycles. The SMILES string of the molecule is O=C1CC[C@@H]2CC=CCN12. The fourth-order valence-electron chi connectivity index (χ4n) is 1.73. The summed E-state index contributed by atoms with van der Waals surface area (Å²) in [5.41, 5.74) is 0. The lowest BCUT2D eigenvalue weighted by molar-refractivity contribution is -0.128. The van der Waals surface area contributed by atoms with Gasteiger partial charge in [-0.3, -0.25) is 4.79 Å². The summed E-state index contributed by atoms with van der Waals surface area (Å²) in [6, 6.07) is 0.539. The Morgan fingerprint density at radius 1 is 1.50 bits per heavy atom. The summed E-state index contributed by atoms with van der Waals surface area (Å²) >= 11 is 0. The van der Waals surface area contributed by atoms with E-state index in [2.05, 4.69) is 12.2 Å². The van der Waals surface area contributed by atoms with Gasteiger partial charge in [0.25, 0.3) is 0 Å². The molecule has 2 nitrogen and oxygen atoms in total. The molecule has 0 aromatic heterocycles. The van der Waals surface area contributed by atoms with E-state index in [-0.39, 0.29) is 0 Å². The minimum absolute atomic E-state index is 0.342. The minimum atomic E-state index is 0.342. The predicted molar refractivity (Wildman–Crippen MR) is 38.5 cm³/mol. The Morgan fingerprint density at radius 2 is 2.40 bits per heavy atom. The van der Waals surface area contributed by atoms with Crippen molar-refractivity contribution < 1.29 is 4.79 Å². The highest BCUT2D eigenvalue weighted by atomic mass is 16.2. The van der Waals surface area contributed by atoms with Gasteiger partial charge in [0.1, 0.15) is 0 Å². The van der Waals surface area contributed by atoms with Crippen LogP contribution in [0.2, 0.25) is 0 Å². The fraction of sp³-hybridized carbons (Fsp3) is 0.625. The van der Waals surface area contributed by atoms with E-state index >= 15 is 0 Å². The van der Waals surface area contributed by atoms with Gasteiger partial charge in [0, 0.05) is 19.0 Å². The molecule has 54 valence electrons. The highest BCUT2D eigenvalue weighted by Gasteiger charge is 2.30. The number of rotatable bonds is 0. The lowest BCUT2D eigenvalue weighted by atomic mass is 10.1. The van der Waals surface area contributed by atoms with Crippen LogP contribution < -0.4 is 0 Å². The monoisotopic (exact) mass is 137 g/mol. The van der Waals surface area contributed by atoms with Crippen molar-refractivity contribution in [3.05, 3.63) is 12.2 Å². The molecule has 0 unspecified atom stereocenters. The molecule has 0 aliphatic carbocycles.